The molecule has 75 heavy (non-hydrogen) atoms. The number of hydrogen-bond donors (Lipinski definition) is 0. The second-order valence-corrected chi connectivity index (χ2v) is 23.8. The predicted octanol–water partition coefficient (Wildman–Crippen LogP) is 23.5. The first kappa shape index (κ1) is 73.4. The second-order valence-electron chi connectivity index (χ2n) is 23.8. The number of rotatable bonds is 65. The molecule has 1 atom stereocenters. The molecule has 0 rings (SSSR count). The van der Waals surface area contributed by atoms with E-state index in [0.717, 1.165) is 57.8 Å². The Bertz CT molecular complexity index is 1120. The van der Waals surface area contributed by atoms with Crippen molar-refractivity contribution in [3.63, 3.8) is 0 Å². The summed E-state index contributed by atoms with van der Waals surface area (Å²) in [5, 5.41) is 0. The molecule has 0 N–H and O–H groups in total. The SMILES string of the molecule is CCCCCCCCCCCCCCCCCCCCCCCCCCCCCC(=O)OCC(COC(=O)CCCCCCCCCCCCCCC)OC(=O)CCCCCCCCCCCCCCCCCCC. The van der Waals surface area contributed by atoms with Crippen LogP contribution in [0.1, 0.15) is 406 Å². The lowest BCUT2D eigenvalue weighted by molar-refractivity contribution is -0.167. The molecule has 446 valence electrons. The number of hydrogen-bond acceptors (Lipinski definition) is 6. The van der Waals surface area contributed by atoms with Crippen LogP contribution in [0, 0.1) is 0 Å². The number of unbranched alkanes of at least 4 members (excludes halogenated alkanes) is 54. The Balaban J connectivity index is 4.15. The summed E-state index contributed by atoms with van der Waals surface area (Å²) < 4.78 is 17.0. The van der Waals surface area contributed by atoms with Gasteiger partial charge < -0.3 is 14.2 Å². The van der Waals surface area contributed by atoms with Gasteiger partial charge in [-0.1, -0.05) is 367 Å². The Morgan fingerprint density at radius 3 is 0.533 bits per heavy atom. The van der Waals surface area contributed by atoms with Crippen molar-refractivity contribution in [1.29, 1.82) is 0 Å². The maximum atomic E-state index is 12.9. The molecule has 0 heterocycles. The standard InChI is InChI=1S/C69H134O6/c1-4-7-10-13-16-19-22-25-27-29-30-31-32-33-34-35-36-37-38-40-41-44-47-50-53-56-59-62-68(71)74-65-66(64-73-67(70)61-58-55-52-49-46-43-24-21-18-15-12-9-6-3)75-69(72)63-60-57-54-51-48-45-42-39-28-26-23-20-17-14-11-8-5-2/h66H,4-65H2,1-3H3. The van der Waals surface area contributed by atoms with E-state index in [0.29, 0.717) is 19.3 Å². The van der Waals surface area contributed by atoms with Crippen molar-refractivity contribution in [3.05, 3.63) is 0 Å². The largest absolute Gasteiger partial charge is 0.462 e. The van der Waals surface area contributed by atoms with Crippen LogP contribution in [0.4, 0.5) is 0 Å². The second kappa shape index (κ2) is 64.9. The van der Waals surface area contributed by atoms with Gasteiger partial charge in [0, 0.05) is 19.3 Å². The van der Waals surface area contributed by atoms with Crippen molar-refractivity contribution < 1.29 is 28.6 Å². The minimum atomic E-state index is -0.762. The van der Waals surface area contributed by atoms with Crippen molar-refractivity contribution in [2.75, 3.05) is 13.2 Å². The smallest absolute Gasteiger partial charge is 0.306 e. The van der Waals surface area contributed by atoms with Crippen molar-refractivity contribution in [3.8, 4) is 0 Å². The number of esters is 3. The summed E-state index contributed by atoms with van der Waals surface area (Å²) in [7, 11) is 0. The Morgan fingerprint density at radius 2 is 0.360 bits per heavy atom. The third kappa shape index (κ3) is 63.1. The monoisotopic (exact) mass is 1060 g/mol. The van der Waals surface area contributed by atoms with E-state index >= 15 is 0 Å². The summed E-state index contributed by atoms with van der Waals surface area (Å²) in [4.78, 5) is 38.3. The zero-order valence-corrected chi connectivity index (χ0v) is 51.4. The van der Waals surface area contributed by atoms with E-state index < -0.39 is 6.10 Å². The molecule has 6 nitrogen and oxygen atoms in total. The van der Waals surface area contributed by atoms with Crippen molar-refractivity contribution in [2.24, 2.45) is 0 Å². The molecule has 0 amide bonds. The van der Waals surface area contributed by atoms with Gasteiger partial charge in [-0.15, -0.1) is 0 Å². The summed E-state index contributed by atoms with van der Waals surface area (Å²) in [5.41, 5.74) is 0. The highest BCUT2D eigenvalue weighted by molar-refractivity contribution is 5.71. The lowest BCUT2D eigenvalue weighted by Gasteiger charge is -2.18. The molecule has 1 unspecified atom stereocenters. The number of carbonyl (C=O) groups excluding carboxylic acids is 3. The van der Waals surface area contributed by atoms with E-state index in [1.54, 1.807) is 0 Å². The third-order valence-electron chi connectivity index (χ3n) is 16.1. The van der Waals surface area contributed by atoms with Gasteiger partial charge in [-0.3, -0.25) is 14.4 Å². The van der Waals surface area contributed by atoms with Crippen LogP contribution in [0.15, 0.2) is 0 Å². The Morgan fingerprint density at radius 1 is 0.213 bits per heavy atom. The van der Waals surface area contributed by atoms with Gasteiger partial charge in [-0.2, -0.15) is 0 Å². The van der Waals surface area contributed by atoms with Crippen molar-refractivity contribution in [2.45, 2.75) is 412 Å². The highest BCUT2D eigenvalue weighted by Gasteiger charge is 2.19. The van der Waals surface area contributed by atoms with Crippen LogP contribution in [-0.4, -0.2) is 37.2 Å². The van der Waals surface area contributed by atoms with Crippen LogP contribution in [-0.2, 0) is 28.6 Å². The zero-order chi connectivity index (χ0) is 54.3. The lowest BCUT2D eigenvalue weighted by atomic mass is 10.0. The van der Waals surface area contributed by atoms with Gasteiger partial charge in [-0.25, -0.2) is 0 Å². The molecule has 0 aliphatic rings. The molecule has 6 heteroatoms. The van der Waals surface area contributed by atoms with E-state index in [9.17, 15) is 14.4 Å². The van der Waals surface area contributed by atoms with Gasteiger partial charge in [0.05, 0.1) is 0 Å². The minimum absolute atomic E-state index is 0.0604. The van der Waals surface area contributed by atoms with Gasteiger partial charge in [0.15, 0.2) is 6.10 Å². The maximum absolute atomic E-state index is 12.9. The van der Waals surface area contributed by atoms with Crippen LogP contribution >= 0.6 is 0 Å². The van der Waals surface area contributed by atoms with Crippen LogP contribution in [0.3, 0.4) is 0 Å². The molecule has 0 spiro atoms. The Labute approximate surface area is 469 Å². The highest BCUT2D eigenvalue weighted by Crippen LogP contribution is 2.19. The summed E-state index contributed by atoms with van der Waals surface area (Å²) in [5.74, 6) is -0.823. The zero-order valence-electron chi connectivity index (χ0n) is 51.4. The Kier molecular flexibility index (Phi) is 63.6. The molecule has 0 aromatic carbocycles. The van der Waals surface area contributed by atoms with E-state index in [2.05, 4.69) is 20.8 Å². The molecule has 0 bridgehead atoms. The molecule has 0 radical (unpaired) electrons. The van der Waals surface area contributed by atoms with E-state index in [1.165, 1.54) is 308 Å². The minimum Gasteiger partial charge on any atom is -0.462 e. The first-order valence-corrected chi connectivity index (χ1v) is 34.5. The average Bonchev–Trinajstić information content (AvgIpc) is 3.41. The third-order valence-corrected chi connectivity index (χ3v) is 16.1. The number of carbonyl (C=O) groups is 3. The molecule has 0 aromatic rings. The first-order valence-electron chi connectivity index (χ1n) is 34.5. The topological polar surface area (TPSA) is 78.9 Å². The molecular weight excluding hydrogens is 925 g/mol. The first-order chi connectivity index (χ1) is 37.0. The highest BCUT2D eigenvalue weighted by atomic mass is 16.6. The van der Waals surface area contributed by atoms with Crippen molar-refractivity contribution >= 4 is 17.9 Å². The molecule has 0 fully saturated rings. The summed E-state index contributed by atoms with van der Waals surface area (Å²) in [6, 6.07) is 0. The molecule has 0 saturated carbocycles. The molecule has 0 aromatic heterocycles. The van der Waals surface area contributed by atoms with Gasteiger partial charge in [0.2, 0.25) is 0 Å². The van der Waals surface area contributed by atoms with Gasteiger partial charge >= 0.3 is 17.9 Å². The molecular formula is C69H134O6. The Hall–Kier alpha value is -1.59. The van der Waals surface area contributed by atoms with Gasteiger partial charge in [-0.05, 0) is 19.3 Å². The van der Waals surface area contributed by atoms with E-state index in [4.69, 9.17) is 14.2 Å². The maximum Gasteiger partial charge on any atom is 0.306 e. The summed E-state index contributed by atoms with van der Waals surface area (Å²) >= 11 is 0. The number of ether oxygens (including phenoxy) is 3. The van der Waals surface area contributed by atoms with Gasteiger partial charge in [0.1, 0.15) is 13.2 Å². The fourth-order valence-corrected chi connectivity index (χ4v) is 10.9. The molecule has 0 aliphatic carbocycles. The fourth-order valence-electron chi connectivity index (χ4n) is 10.9. The normalized spacial score (nSPS) is 11.9. The van der Waals surface area contributed by atoms with Crippen LogP contribution < -0.4 is 0 Å². The summed E-state index contributed by atoms with van der Waals surface area (Å²) in [6.45, 7) is 6.73. The quantitative estimate of drug-likeness (QED) is 0.0343. The average molecular weight is 1060 g/mol. The van der Waals surface area contributed by atoms with Crippen molar-refractivity contribution in [1.82, 2.24) is 0 Å². The summed E-state index contributed by atoms with van der Waals surface area (Å²) in [6.07, 6.45) is 75.6. The fraction of sp³-hybridized carbons (Fsp3) is 0.957. The van der Waals surface area contributed by atoms with E-state index in [-0.39, 0.29) is 31.1 Å². The molecule has 0 saturated heterocycles. The van der Waals surface area contributed by atoms with Crippen LogP contribution in [0.25, 0.3) is 0 Å². The predicted molar refractivity (Wildman–Crippen MR) is 326 cm³/mol. The van der Waals surface area contributed by atoms with E-state index in [1.807, 2.05) is 0 Å². The van der Waals surface area contributed by atoms with Gasteiger partial charge in [0.25, 0.3) is 0 Å². The van der Waals surface area contributed by atoms with Crippen LogP contribution in [0.5, 0.6) is 0 Å². The van der Waals surface area contributed by atoms with Crippen LogP contribution in [0.2, 0.25) is 0 Å². The lowest BCUT2D eigenvalue weighted by Crippen LogP contribution is -2.30. The molecule has 0 aliphatic heterocycles.